The monoisotopic (exact) mass is 340 g/mol. The van der Waals surface area contributed by atoms with Crippen LogP contribution in [0.2, 0.25) is 0 Å². The zero-order valence-corrected chi connectivity index (χ0v) is 12.0. The topological polar surface area (TPSA) is 78.8 Å². The van der Waals surface area contributed by atoms with Crippen LogP contribution in [0, 0.1) is 0 Å². The molecule has 0 spiro atoms. The van der Waals surface area contributed by atoms with E-state index in [0.29, 0.717) is 21.4 Å². The van der Waals surface area contributed by atoms with Gasteiger partial charge in [0, 0.05) is 16.1 Å². The van der Waals surface area contributed by atoms with E-state index in [1.54, 1.807) is 12.1 Å². The van der Waals surface area contributed by atoms with Gasteiger partial charge >= 0.3 is 0 Å². The van der Waals surface area contributed by atoms with Crippen molar-refractivity contribution >= 4 is 44.1 Å². The van der Waals surface area contributed by atoms with Gasteiger partial charge in [0.1, 0.15) is 16.7 Å². The van der Waals surface area contributed by atoms with Crippen LogP contribution in [0.5, 0.6) is 11.5 Å². The Labute approximate surface area is 123 Å². The molecule has 0 amide bonds. The van der Waals surface area contributed by atoms with Crippen molar-refractivity contribution in [3.63, 3.8) is 0 Å². The van der Waals surface area contributed by atoms with Gasteiger partial charge in [0.05, 0.1) is 11.4 Å². The molecule has 0 bridgehead atoms. The summed E-state index contributed by atoms with van der Waals surface area (Å²) >= 11 is 9.32. The van der Waals surface area contributed by atoms with Crippen molar-refractivity contribution in [1.82, 2.24) is 0 Å². The summed E-state index contributed by atoms with van der Waals surface area (Å²) < 4.78 is 0.534. The first-order valence-corrected chi connectivity index (χ1v) is 6.46. The van der Waals surface area contributed by atoms with Gasteiger partial charge in [-0.3, -0.25) is 0 Å². The average molecular weight is 342 g/mol. The van der Waals surface area contributed by atoms with Crippen LogP contribution < -0.4 is 5.73 Å². The minimum absolute atomic E-state index is 0.0281. The van der Waals surface area contributed by atoms with E-state index in [9.17, 15) is 10.2 Å². The van der Waals surface area contributed by atoms with Gasteiger partial charge in [0.2, 0.25) is 0 Å². The Kier molecular flexibility index (Phi) is 3.97. The molecule has 2 aromatic rings. The van der Waals surface area contributed by atoms with E-state index in [4.69, 9.17) is 17.3 Å². The summed E-state index contributed by atoms with van der Waals surface area (Å²) in [4.78, 5) is 4.14. The first-order valence-electron chi connectivity index (χ1n) is 5.29. The fraction of sp³-hybridized carbons (Fsp3) is 0. The van der Waals surface area contributed by atoms with Crippen LogP contribution in [-0.4, -0.2) is 15.4 Å². The number of nitrogens with zero attached hydrogens (tertiary/aromatic N) is 1. The highest BCUT2D eigenvalue weighted by Crippen LogP contribution is 2.31. The van der Waals surface area contributed by atoms with Crippen molar-refractivity contribution in [2.45, 2.75) is 0 Å². The molecular formula is C13H10BrClN2O2. The van der Waals surface area contributed by atoms with Gasteiger partial charge < -0.3 is 15.9 Å². The predicted octanol–water partition coefficient (Wildman–Crippen LogP) is 3.76. The van der Waals surface area contributed by atoms with E-state index >= 15 is 0 Å². The Hall–Kier alpha value is -1.72. The average Bonchev–Trinajstić information content (AvgIpc) is 2.33. The van der Waals surface area contributed by atoms with Gasteiger partial charge in [-0.2, -0.15) is 0 Å². The molecule has 0 fully saturated rings. The van der Waals surface area contributed by atoms with Crippen LogP contribution in [-0.2, 0) is 0 Å². The van der Waals surface area contributed by atoms with Gasteiger partial charge in [-0.15, -0.1) is 0 Å². The number of hydrogen-bond acceptors (Lipinski definition) is 4. The third kappa shape index (κ3) is 3.19. The van der Waals surface area contributed by atoms with Crippen LogP contribution >= 0.6 is 27.5 Å². The molecule has 0 saturated carbocycles. The molecule has 2 rings (SSSR count). The summed E-state index contributed by atoms with van der Waals surface area (Å²) in [7, 11) is 0. The second kappa shape index (κ2) is 5.50. The second-order valence-corrected chi connectivity index (χ2v) is 5.02. The van der Waals surface area contributed by atoms with E-state index in [1.807, 2.05) is 0 Å². The maximum Gasteiger partial charge on any atom is 0.139 e. The van der Waals surface area contributed by atoms with E-state index in [1.165, 1.54) is 24.3 Å². The number of phenols is 2. The van der Waals surface area contributed by atoms with Crippen LogP contribution in [0.25, 0.3) is 0 Å². The van der Waals surface area contributed by atoms with Crippen molar-refractivity contribution in [2.24, 2.45) is 4.99 Å². The quantitative estimate of drug-likeness (QED) is 0.442. The number of phenolic OH excluding ortho intramolecular Hbond substituents is 2. The number of aliphatic imine (C=N–C) groups is 1. The van der Waals surface area contributed by atoms with Gasteiger partial charge in [-0.25, -0.2) is 4.99 Å². The SMILES string of the molecule is Nc1c(Br)cc(O)cc1C(Cl)=Nc1cccc(O)c1. The van der Waals surface area contributed by atoms with Crippen molar-refractivity contribution < 1.29 is 10.2 Å². The van der Waals surface area contributed by atoms with Gasteiger partial charge in [0.15, 0.2) is 0 Å². The van der Waals surface area contributed by atoms with Crippen molar-refractivity contribution in [2.75, 3.05) is 5.73 Å². The van der Waals surface area contributed by atoms with Crippen LogP contribution in [0.3, 0.4) is 0 Å². The molecule has 4 nitrogen and oxygen atoms in total. The fourth-order valence-corrected chi connectivity index (χ4v) is 2.21. The van der Waals surface area contributed by atoms with E-state index in [2.05, 4.69) is 20.9 Å². The molecule has 6 heteroatoms. The lowest BCUT2D eigenvalue weighted by Crippen LogP contribution is -1.99. The number of benzene rings is 2. The Morgan fingerprint density at radius 2 is 1.89 bits per heavy atom. The lowest BCUT2D eigenvalue weighted by atomic mass is 10.2. The predicted molar refractivity (Wildman–Crippen MR) is 80.4 cm³/mol. The number of halogens is 2. The molecule has 0 aliphatic carbocycles. The highest BCUT2D eigenvalue weighted by Gasteiger charge is 2.10. The molecule has 0 atom stereocenters. The Bertz CT molecular complexity index is 659. The lowest BCUT2D eigenvalue weighted by molar-refractivity contribution is 0.474. The summed E-state index contributed by atoms with van der Waals surface area (Å²) in [5, 5.41) is 19.0. The summed E-state index contributed by atoms with van der Waals surface area (Å²) in [6.07, 6.45) is 0. The third-order valence-corrected chi connectivity index (χ3v) is 3.34. The highest BCUT2D eigenvalue weighted by atomic mass is 79.9. The first-order chi connectivity index (χ1) is 8.97. The Balaban J connectivity index is 2.47. The van der Waals surface area contributed by atoms with E-state index < -0.39 is 0 Å². The number of nitrogen functional groups attached to an aromatic ring is 1. The smallest absolute Gasteiger partial charge is 0.139 e. The van der Waals surface area contributed by atoms with Crippen LogP contribution in [0.15, 0.2) is 45.9 Å². The van der Waals surface area contributed by atoms with Crippen LogP contribution in [0.4, 0.5) is 11.4 Å². The summed E-state index contributed by atoms with van der Waals surface area (Å²) in [5.41, 5.74) is 7.15. The molecule has 0 aliphatic rings. The number of hydrogen-bond donors (Lipinski definition) is 3. The second-order valence-electron chi connectivity index (χ2n) is 3.81. The molecule has 19 heavy (non-hydrogen) atoms. The summed E-state index contributed by atoms with van der Waals surface area (Å²) in [6, 6.07) is 9.24. The number of rotatable bonds is 2. The molecule has 0 saturated heterocycles. The molecule has 0 aliphatic heterocycles. The lowest BCUT2D eigenvalue weighted by Gasteiger charge is -2.07. The number of aromatic hydroxyl groups is 2. The van der Waals surface area contributed by atoms with E-state index in [0.717, 1.165) is 0 Å². The van der Waals surface area contributed by atoms with Gasteiger partial charge in [0.25, 0.3) is 0 Å². The molecule has 2 aromatic carbocycles. The Morgan fingerprint density at radius 3 is 2.58 bits per heavy atom. The Morgan fingerprint density at radius 1 is 1.16 bits per heavy atom. The standard InChI is InChI=1S/C13H10BrClN2O2/c14-11-6-9(19)5-10(12(11)16)13(15)17-7-2-1-3-8(18)4-7/h1-6,18-19H,16H2. The van der Waals surface area contributed by atoms with Crippen LogP contribution in [0.1, 0.15) is 5.56 Å². The first kappa shape index (κ1) is 13.7. The summed E-state index contributed by atoms with van der Waals surface area (Å²) in [5.74, 6) is 0.121. The zero-order valence-electron chi connectivity index (χ0n) is 9.64. The number of nitrogens with two attached hydrogens (primary N) is 1. The molecule has 0 heterocycles. The van der Waals surface area contributed by atoms with Crippen molar-refractivity contribution in [3.8, 4) is 11.5 Å². The maximum absolute atomic E-state index is 9.54. The van der Waals surface area contributed by atoms with Gasteiger partial charge in [-0.1, -0.05) is 17.7 Å². The molecule has 0 unspecified atom stereocenters. The maximum atomic E-state index is 9.54. The molecule has 0 aromatic heterocycles. The highest BCUT2D eigenvalue weighted by molar-refractivity contribution is 9.10. The summed E-state index contributed by atoms with van der Waals surface area (Å²) in [6.45, 7) is 0. The fourth-order valence-electron chi connectivity index (χ4n) is 1.51. The molecule has 4 N–H and O–H groups in total. The minimum Gasteiger partial charge on any atom is -0.508 e. The minimum atomic E-state index is 0.0281. The molecule has 98 valence electrons. The van der Waals surface area contributed by atoms with Crippen molar-refractivity contribution in [1.29, 1.82) is 0 Å². The van der Waals surface area contributed by atoms with Crippen molar-refractivity contribution in [3.05, 3.63) is 46.4 Å². The molecular weight excluding hydrogens is 332 g/mol. The largest absolute Gasteiger partial charge is 0.508 e. The zero-order chi connectivity index (χ0) is 14.0. The molecule has 0 radical (unpaired) electrons. The third-order valence-electron chi connectivity index (χ3n) is 2.39. The normalized spacial score (nSPS) is 11.6. The number of anilines is 1. The van der Waals surface area contributed by atoms with E-state index in [-0.39, 0.29) is 16.7 Å². The van der Waals surface area contributed by atoms with Gasteiger partial charge in [-0.05, 0) is 40.2 Å².